The summed E-state index contributed by atoms with van der Waals surface area (Å²) < 4.78 is 0. The average Bonchev–Trinajstić information content (AvgIpc) is 2.87. The minimum absolute atomic E-state index is 0.827. The fourth-order valence-corrected chi connectivity index (χ4v) is 2.24. The van der Waals surface area contributed by atoms with Crippen molar-refractivity contribution in [2.75, 3.05) is 23.7 Å². The zero-order valence-corrected chi connectivity index (χ0v) is 11.4. The van der Waals surface area contributed by atoms with E-state index in [1.54, 1.807) is 17.7 Å². The van der Waals surface area contributed by atoms with Crippen LogP contribution in [-0.4, -0.2) is 28.0 Å². The summed E-state index contributed by atoms with van der Waals surface area (Å²) in [6.07, 6.45) is 2.49. The predicted molar refractivity (Wildman–Crippen MR) is 75.2 cm³/mol. The van der Waals surface area contributed by atoms with Gasteiger partial charge >= 0.3 is 0 Å². The molecular formula is C12H17N5S. The third-order valence-corrected chi connectivity index (χ3v) is 3.22. The van der Waals surface area contributed by atoms with Gasteiger partial charge in [0, 0.05) is 30.5 Å². The maximum Gasteiger partial charge on any atom is 0.134 e. The maximum absolute atomic E-state index is 4.26. The molecule has 0 aliphatic rings. The second kappa shape index (κ2) is 6.30. The Bertz CT molecular complexity index is 483. The fraction of sp³-hybridized carbons (Fsp3) is 0.417. The topological polar surface area (TPSA) is 62.7 Å². The van der Waals surface area contributed by atoms with Crippen molar-refractivity contribution in [1.29, 1.82) is 0 Å². The van der Waals surface area contributed by atoms with E-state index in [4.69, 9.17) is 0 Å². The third kappa shape index (κ3) is 3.16. The zero-order chi connectivity index (χ0) is 12.8. The number of anilines is 2. The van der Waals surface area contributed by atoms with Gasteiger partial charge in [-0.05, 0) is 13.8 Å². The molecule has 0 aromatic carbocycles. The van der Waals surface area contributed by atoms with Crippen molar-refractivity contribution < 1.29 is 0 Å². The molecule has 2 aromatic heterocycles. The summed E-state index contributed by atoms with van der Waals surface area (Å²) >= 11 is 1.62. The molecule has 0 radical (unpaired) electrons. The van der Waals surface area contributed by atoms with Crippen LogP contribution in [0.15, 0.2) is 17.2 Å². The summed E-state index contributed by atoms with van der Waals surface area (Å²) in [5.41, 5.74) is 4.03. The number of nitrogens with one attached hydrogen (secondary N) is 2. The Kier molecular flexibility index (Phi) is 4.46. The van der Waals surface area contributed by atoms with Crippen LogP contribution < -0.4 is 10.6 Å². The van der Waals surface area contributed by atoms with Gasteiger partial charge in [0.2, 0.25) is 0 Å². The largest absolute Gasteiger partial charge is 0.370 e. The van der Waals surface area contributed by atoms with Gasteiger partial charge in [-0.25, -0.2) is 15.0 Å². The smallest absolute Gasteiger partial charge is 0.134 e. The molecule has 96 valence electrons. The van der Waals surface area contributed by atoms with Gasteiger partial charge in [-0.15, -0.1) is 11.3 Å². The van der Waals surface area contributed by atoms with Crippen LogP contribution in [0.25, 0.3) is 0 Å². The summed E-state index contributed by atoms with van der Waals surface area (Å²) in [7, 11) is 0. The van der Waals surface area contributed by atoms with Crippen molar-refractivity contribution in [1.82, 2.24) is 15.0 Å². The van der Waals surface area contributed by atoms with Crippen molar-refractivity contribution in [3.05, 3.63) is 28.5 Å². The highest BCUT2D eigenvalue weighted by Gasteiger charge is 2.05. The highest BCUT2D eigenvalue weighted by Crippen LogP contribution is 2.17. The van der Waals surface area contributed by atoms with Crippen LogP contribution in [0.4, 0.5) is 11.6 Å². The Balaban J connectivity index is 1.94. The summed E-state index contributed by atoms with van der Waals surface area (Å²) in [6.45, 7) is 5.75. The molecule has 0 unspecified atom stereocenters. The van der Waals surface area contributed by atoms with Crippen LogP contribution in [0.1, 0.15) is 18.2 Å². The molecule has 2 N–H and O–H groups in total. The van der Waals surface area contributed by atoms with Crippen molar-refractivity contribution >= 4 is 23.0 Å². The highest BCUT2D eigenvalue weighted by atomic mass is 32.1. The molecule has 0 atom stereocenters. The van der Waals surface area contributed by atoms with Gasteiger partial charge in [-0.2, -0.15) is 0 Å². The molecule has 0 saturated carbocycles. The standard InChI is InChI=1S/C12H17N5S/c1-3-13-11-9(2)12(16-7-15-11)14-5-4-10-6-18-8-17-10/h6-8H,3-5H2,1-2H3,(H2,13,14,15,16). The number of rotatable bonds is 6. The molecule has 0 fully saturated rings. The van der Waals surface area contributed by atoms with E-state index in [0.717, 1.165) is 42.4 Å². The van der Waals surface area contributed by atoms with E-state index in [0.29, 0.717) is 0 Å². The first-order valence-corrected chi connectivity index (χ1v) is 6.92. The third-order valence-electron chi connectivity index (χ3n) is 2.59. The molecule has 0 aliphatic carbocycles. The second-order valence-corrected chi connectivity index (χ2v) is 4.60. The molecular weight excluding hydrogens is 246 g/mol. The van der Waals surface area contributed by atoms with Gasteiger partial charge in [0.25, 0.3) is 0 Å². The van der Waals surface area contributed by atoms with Crippen molar-refractivity contribution in [3.8, 4) is 0 Å². The van der Waals surface area contributed by atoms with E-state index >= 15 is 0 Å². The first-order valence-electron chi connectivity index (χ1n) is 5.97. The van der Waals surface area contributed by atoms with Gasteiger partial charge in [0.15, 0.2) is 0 Å². The van der Waals surface area contributed by atoms with Gasteiger partial charge in [-0.1, -0.05) is 0 Å². The molecule has 0 saturated heterocycles. The van der Waals surface area contributed by atoms with E-state index in [1.165, 1.54) is 0 Å². The first-order chi connectivity index (χ1) is 8.81. The molecule has 18 heavy (non-hydrogen) atoms. The van der Waals surface area contributed by atoms with Gasteiger partial charge in [-0.3, -0.25) is 0 Å². The normalized spacial score (nSPS) is 10.3. The lowest BCUT2D eigenvalue weighted by Gasteiger charge is -2.11. The Hall–Kier alpha value is -1.69. The lowest BCUT2D eigenvalue weighted by atomic mass is 10.3. The molecule has 0 bridgehead atoms. The van der Waals surface area contributed by atoms with Gasteiger partial charge in [0.1, 0.15) is 18.0 Å². The van der Waals surface area contributed by atoms with Crippen LogP contribution in [0.3, 0.4) is 0 Å². The van der Waals surface area contributed by atoms with E-state index < -0.39 is 0 Å². The number of nitrogens with zero attached hydrogens (tertiary/aromatic N) is 3. The summed E-state index contributed by atoms with van der Waals surface area (Å²) in [4.78, 5) is 12.7. The Labute approximate surface area is 111 Å². The Morgan fingerprint density at radius 1 is 1.17 bits per heavy atom. The van der Waals surface area contributed by atoms with E-state index in [9.17, 15) is 0 Å². The first kappa shape index (κ1) is 12.8. The molecule has 0 amide bonds. The molecule has 6 heteroatoms. The zero-order valence-electron chi connectivity index (χ0n) is 10.6. The van der Waals surface area contributed by atoms with Crippen molar-refractivity contribution in [2.45, 2.75) is 20.3 Å². The van der Waals surface area contributed by atoms with Gasteiger partial charge in [0.05, 0.1) is 11.2 Å². The molecule has 0 spiro atoms. The predicted octanol–water partition coefficient (Wildman–Crippen LogP) is 2.33. The van der Waals surface area contributed by atoms with Crippen LogP contribution in [0.5, 0.6) is 0 Å². The Morgan fingerprint density at radius 3 is 2.61 bits per heavy atom. The number of hydrogen-bond donors (Lipinski definition) is 2. The summed E-state index contributed by atoms with van der Waals surface area (Å²) in [5.74, 6) is 1.78. The lowest BCUT2D eigenvalue weighted by Crippen LogP contribution is -2.10. The maximum atomic E-state index is 4.26. The summed E-state index contributed by atoms with van der Waals surface area (Å²) in [5, 5.41) is 8.61. The fourth-order valence-electron chi connectivity index (χ4n) is 1.64. The molecule has 0 aliphatic heterocycles. The van der Waals surface area contributed by atoms with Crippen molar-refractivity contribution in [2.24, 2.45) is 0 Å². The van der Waals surface area contributed by atoms with E-state index in [1.807, 2.05) is 12.4 Å². The SMILES string of the molecule is CCNc1ncnc(NCCc2cscn2)c1C. The second-order valence-electron chi connectivity index (χ2n) is 3.88. The van der Waals surface area contributed by atoms with Crippen LogP contribution in [0, 0.1) is 6.92 Å². The average molecular weight is 263 g/mol. The Morgan fingerprint density at radius 2 is 1.94 bits per heavy atom. The number of hydrogen-bond acceptors (Lipinski definition) is 6. The van der Waals surface area contributed by atoms with E-state index in [2.05, 4.69) is 37.9 Å². The van der Waals surface area contributed by atoms with Crippen LogP contribution in [-0.2, 0) is 6.42 Å². The van der Waals surface area contributed by atoms with Gasteiger partial charge < -0.3 is 10.6 Å². The van der Waals surface area contributed by atoms with Crippen LogP contribution in [0.2, 0.25) is 0 Å². The van der Waals surface area contributed by atoms with Crippen molar-refractivity contribution in [3.63, 3.8) is 0 Å². The molecule has 2 heterocycles. The molecule has 2 rings (SSSR count). The van der Waals surface area contributed by atoms with E-state index in [-0.39, 0.29) is 0 Å². The monoisotopic (exact) mass is 263 g/mol. The quantitative estimate of drug-likeness (QED) is 0.837. The summed E-state index contributed by atoms with van der Waals surface area (Å²) in [6, 6.07) is 0. The highest BCUT2D eigenvalue weighted by molar-refractivity contribution is 7.07. The van der Waals surface area contributed by atoms with Crippen LogP contribution >= 0.6 is 11.3 Å². The molecule has 5 nitrogen and oxygen atoms in total. The minimum Gasteiger partial charge on any atom is -0.370 e. The number of thiazole rings is 1. The minimum atomic E-state index is 0.827. The lowest BCUT2D eigenvalue weighted by molar-refractivity contribution is 0.958. The number of aromatic nitrogens is 3. The molecule has 2 aromatic rings.